The highest BCUT2D eigenvalue weighted by atomic mass is 16.5. The number of carboxylic acid groups (broad SMARTS) is 4. The number of carbonyl (C=O) groups is 6. The molecule has 354 valence electrons. The summed E-state index contributed by atoms with van der Waals surface area (Å²) >= 11 is 0. The largest absolute Gasteiger partial charge is 0.480 e. The van der Waals surface area contributed by atoms with Gasteiger partial charge in [-0.1, -0.05) is 48.5 Å². The summed E-state index contributed by atoms with van der Waals surface area (Å²) in [5.41, 5.74) is 0.143. The molecule has 0 aromatic heterocycles. The third-order valence-electron chi connectivity index (χ3n) is 10.6. The number of aliphatic carboxylic acids is 4. The second-order valence-electron chi connectivity index (χ2n) is 18.3. The van der Waals surface area contributed by atoms with Gasteiger partial charge in [-0.3, -0.25) is 58.2 Å². The third-order valence-corrected chi connectivity index (χ3v) is 10.6. The van der Waals surface area contributed by atoms with E-state index in [1.807, 2.05) is 24.5 Å². The van der Waals surface area contributed by atoms with Crippen molar-refractivity contribution < 1.29 is 58.7 Å². The van der Waals surface area contributed by atoms with Gasteiger partial charge in [0.05, 0.1) is 19.6 Å². The zero-order chi connectivity index (χ0) is 46.0. The van der Waals surface area contributed by atoms with Crippen molar-refractivity contribution in [2.24, 2.45) is 10.8 Å². The Morgan fingerprint density at radius 1 is 0.508 bits per heavy atom. The van der Waals surface area contributed by atoms with Crippen molar-refractivity contribution in [2.75, 3.05) is 151 Å². The summed E-state index contributed by atoms with van der Waals surface area (Å²) in [6.07, 6.45) is 1.38. The van der Waals surface area contributed by atoms with Crippen LogP contribution in [0.3, 0.4) is 0 Å². The average molecular weight is 875 g/mol. The Bertz CT molecular complexity index is 1300. The topological polar surface area (TPSA) is 228 Å². The van der Waals surface area contributed by atoms with Crippen molar-refractivity contribution in [3.05, 3.63) is 0 Å². The molecule has 1 atom stereocenters. The molecule has 0 bridgehead atoms. The van der Waals surface area contributed by atoms with E-state index in [9.17, 15) is 49.2 Å². The van der Waals surface area contributed by atoms with Crippen molar-refractivity contribution in [2.45, 2.75) is 67.3 Å². The molecule has 0 radical (unpaired) electrons. The maximum atomic E-state index is 12.1. The zero-order valence-corrected chi connectivity index (χ0v) is 38.0. The minimum atomic E-state index is -0.922. The van der Waals surface area contributed by atoms with Crippen molar-refractivity contribution in [1.29, 1.82) is 0 Å². The number of ether oxygens (including phenoxy) is 2. The number of carboxylic acids is 4. The van der Waals surface area contributed by atoms with Crippen LogP contribution >= 0.6 is 0 Å². The highest BCUT2D eigenvalue weighted by molar-refractivity contribution is 5.73. The molecule has 0 aromatic rings. The average Bonchev–Trinajstić information content (AvgIpc) is 3.14. The lowest BCUT2D eigenvalue weighted by atomic mass is 9.88. The van der Waals surface area contributed by atoms with Gasteiger partial charge in [-0.2, -0.15) is 0 Å². The lowest BCUT2D eigenvalue weighted by molar-refractivity contribution is -0.144. The van der Waals surface area contributed by atoms with E-state index in [4.69, 9.17) is 9.47 Å². The molecular weight excluding hydrogens is 796 g/mol. The Kier molecular flexibility index (Phi) is 27.1. The van der Waals surface area contributed by atoms with E-state index in [0.717, 1.165) is 26.1 Å². The lowest BCUT2D eigenvalue weighted by Crippen LogP contribution is -2.51. The summed E-state index contributed by atoms with van der Waals surface area (Å²) in [6.45, 7) is 26.9. The molecule has 2 aliphatic rings. The molecule has 2 fully saturated rings. The number of carbonyl (C=O) groups excluding carboxylic acids is 2. The number of nitrogens with zero attached hydrogens (tertiary/aromatic N) is 8. The van der Waals surface area contributed by atoms with Crippen LogP contribution in [0, 0.1) is 10.8 Å². The van der Waals surface area contributed by atoms with Crippen LogP contribution in [-0.2, 0) is 38.2 Å². The Balaban J connectivity index is 0.000000613. The molecule has 4 N–H and O–H groups in total. The van der Waals surface area contributed by atoms with E-state index >= 15 is 0 Å². The Morgan fingerprint density at radius 3 is 1.15 bits per heavy atom. The van der Waals surface area contributed by atoms with Gasteiger partial charge in [0.25, 0.3) is 12.9 Å². The normalized spacial score (nSPS) is 20.0. The fourth-order valence-corrected chi connectivity index (χ4v) is 7.20. The van der Waals surface area contributed by atoms with Gasteiger partial charge in [0.15, 0.2) is 0 Å². The number of hydrogen-bond donors (Lipinski definition) is 4. The first-order chi connectivity index (χ1) is 28.6. The van der Waals surface area contributed by atoms with E-state index in [0.29, 0.717) is 118 Å². The molecule has 0 aromatic carbocycles. The second kappa shape index (κ2) is 29.7. The van der Waals surface area contributed by atoms with Gasteiger partial charge in [-0.25, -0.2) is 0 Å². The fourth-order valence-electron chi connectivity index (χ4n) is 7.20. The van der Waals surface area contributed by atoms with Gasteiger partial charge < -0.3 is 39.7 Å². The smallest absolute Gasteiger partial charge is 0.320 e. The minimum Gasteiger partial charge on any atom is -0.480 e. The summed E-state index contributed by atoms with van der Waals surface area (Å²) < 4.78 is 9.88. The Hall–Kier alpha value is -3.50. The third kappa shape index (κ3) is 27.9. The summed E-state index contributed by atoms with van der Waals surface area (Å²) in [4.78, 5) is 83.2. The molecule has 0 aliphatic carbocycles. The molecule has 2 heterocycles. The fraction of sp³-hybridized carbons (Fsp3) is 0.854. The number of hydrogen-bond acceptors (Lipinski definition) is 16. The van der Waals surface area contributed by atoms with Crippen molar-refractivity contribution in [3.63, 3.8) is 0 Å². The summed E-state index contributed by atoms with van der Waals surface area (Å²) in [6, 6.07) is -0.576. The molecule has 0 saturated carbocycles. The molecule has 2 saturated heterocycles. The van der Waals surface area contributed by atoms with Gasteiger partial charge in [-0.15, -0.1) is 0 Å². The maximum Gasteiger partial charge on any atom is 0.320 e. The first kappa shape index (κ1) is 55.5. The number of rotatable bonds is 18. The molecule has 2 rings (SSSR count). The Morgan fingerprint density at radius 2 is 0.836 bits per heavy atom. The first-order valence-corrected chi connectivity index (χ1v) is 21.4. The monoisotopic (exact) mass is 875 g/mol. The van der Waals surface area contributed by atoms with E-state index in [-0.39, 0.29) is 43.9 Å². The van der Waals surface area contributed by atoms with Gasteiger partial charge in [0, 0.05) is 111 Å². The van der Waals surface area contributed by atoms with Gasteiger partial charge in [0.1, 0.15) is 19.5 Å². The van der Waals surface area contributed by atoms with Gasteiger partial charge >= 0.3 is 23.9 Å². The van der Waals surface area contributed by atoms with Crippen LogP contribution in [0.25, 0.3) is 0 Å². The summed E-state index contributed by atoms with van der Waals surface area (Å²) in [5.74, 6) is -3.49. The van der Waals surface area contributed by atoms with Crippen LogP contribution in [0.2, 0.25) is 0 Å². The quantitative estimate of drug-likeness (QED) is 0.136. The van der Waals surface area contributed by atoms with E-state index in [1.54, 1.807) is 4.90 Å². The molecule has 1 unspecified atom stereocenters. The van der Waals surface area contributed by atoms with E-state index in [1.165, 1.54) is 0 Å². The molecular formula is C41H78N8O12. The molecule has 20 nitrogen and oxygen atoms in total. The minimum absolute atomic E-state index is 0.0417. The van der Waals surface area contributed by atoms with Crippen LogP contribution in [0.15, 0.2) is 0 Å². The highest BCUT2D eigenvalue weighted by Gasteiger charge is 2.29. The molecule has 2 aliphatic heterocycles. The van der Waals surface area contributed by atoms with Crippen LogP contribution in [0.1, 0.15) is 61.3 Å². The van der Waals surface area contributed by atoms with Gasteiger partial charge in [0.2, 0.25) is 0 Å². The lowest BCUT2D eigenvalue weighted by Gasteiger charge is -2.36. The number of likely N-dealkylation sites (N-methyl/N-ethyl adjacent to an activating group) is 1. The van der Waals surface area contributed by atoms with E-state index < -0.39 is 29.9 Å². The predicted molar refractivity (Wildman–Crippen MR) is 229 cm³/mol. The van der Waals surface area contributed by atoms with Crippen LogP contribution in [-0.4, -0.2) is 253 Å². The first-order valence-electron chi connectivity index (χ1n) is 21.4. The van der Waals surface area contributed by atoms with Crippen molar-refractivity contribution >= 4 is 36.8 Å². The molecule has 0 amide bonds. The van der Waals surface area contributed by atoms with Crippen LogP contribution in [0.5, 0.6) is 0 Å². The molecule has 0 spiro atoms. The van der Waals surface area contributed by atoms with Crippen LogP contribution in [0.4, 0.5) is 0 Å². The highest BCUT2D eigenvalue weighted by Crippen LogP contribution is 2.24. The molecule has 20 heteroatoms. The standard InChI is InChI=1S/C22H42N4O6.C19H36N4O6/c1-5-23-8-9-24(16-20(28)29)10-11-25(17-32-18-27)13-15-26(14-12-23)19(21(30)31)6-7-22(2,3)4;1-19(2,3)14-22-8-6-20(12-17(25)26)4-5-21(13-18(27)28)7-10-23(11-9-22)15-29-16-24/h18-19H,5-17H2,1-4H3,(H,28,29)(H,30,31);16H,4-15H2,1-3H3,(H,25,26)(H,27,28). The predicted octanol–water partition coefficient (Wildman–Crippen LogP) is 0.276. The maximum absolute atomic E-state index is 12.1. The van der Waals surface area contributed by atoms with Crippen molar-refractivity contribution in [1.82, 2.24) is 39.2 Å². The summed E-state index contributed by atoms with van der Waals surface area (Å²) in [5, 5.41) is 37.6. The van der Waals surface area contributed by atoms with Crippen LogP contribution < -0.4 is 0 Å². The summed E-state index contributed by atoms with van der Waals surface area (Å²) in [7, 11) is 0. The Labute approximate surface area is 363 Å². The zero-order valence-electron chi connectivity index (χ0n) is 38.0. The van der Waals surface area contributed by atoms with Crippen molar-refractivity contribution in [3.8, 4) is 0 Å². The van der Waals surface area contributed by atoms with E-state index in [2.05, 4.69) is 58.3 Å². The SMILES string of the molecule is CC(C)(C)CN1CCN(COC=O)CCN(CC(=O)O)CCN(CC(=O)O)CC1.CCN1CCN(CC(=O)O)CCN(COC=O)CCN(C(CCC(C)(C)C)C(=O)O)CC1. The second-order valence-corrected chi connectivity index (χ2v) is 18.3. The molecule has 61 heavy (non-hydrogen) atoms. The van der Waals surface area contributed by atoms with Gasteiger partial charge in [-0.05, 0) is 30.2 Å².